The number of amides is 2. The molecule has 0 heterocycles. The predicted octanol–water partition coefficient (Wildman–Crippen LogP) is 2.79. The van der Waals surface area contributed by atoms with Gasteiger partial charge in [0.2, 0.25) is 0 Å². The Balaban J connectivity index is 1.21. The molecule has 4 aliphatic carbocycles. The van der Waals surface area contributed by atoms with Crippen molar-refractivity contribution in [3.8, 4) is 0 Å². The highest BCUT2D eigenvalue weighted by atomic mass is 19.1. The Labute approximate surface area is 249 Å². The summed E-state index contributed by atoms with van der Waals surface area (Å²) in [6, 6.07) is 0. The average molecular weight is 612 g/mol. The number of carbonyl (C=O) groups excluding carboxylic acids is 4. The average Bonchev–Trinajstić information content (AvgIpc) is 3.29. The first-order valence-corrected chi connectivity index (χ1v) is 14.8. The molecule has 0 aromatic rings. The van der Waals surface area contributed by atoms with Crippen LogP contribution in [0.3, 0.4) is 0 Å². The van der Waals surface area contributed by atoms with Gasteiger partial charge in [-0.05, 0) is 75.4 Å². The van der Waals surface area contributed by atoms with E-state index in [0.717, 1.165) is 0 Å². The number of aliphatic hydroxyl groups excluding tert-OH is 1. The first-order chi connectivity index (χ1) is 20.3. The largest absolute Gasteiger partial charge is 0.448 e. The van der Waals surface area contributed by atoms with Crippen LogP contribution in [0.5, 0.6) is 0 Å². The second-order valence-corrected chi connectivity index (χ2v) is 12.3. The summed E-state index contributed by atoms with van der Waals surface area (Å²) in [4.78, 5) is 53.4. The number of aliphatic hydroxyl groups is 1. The van der Waals surface area contributed by atoms with Gasteiger partial charge in [0.25, 0.3) is 0 Å². The van der Waals surface area contributed by atoms with Crippen LogP contribution in [0.15, 0.2) is 23.8 Å². The zero-order chi connectivity index (χ0) is 31.4. The van der Waals surface area contributed by atoms with Gasteiger partial charge in [0.15, 0.2) is 23.8 Å². The molecular formula is C29H42FN3O10. The molecule has 13 nitrogen and oxygen atoms in total. The lowest BCUT2D eigenvalue weighted by Gasteiger charge is -2.62. The summed E-state index contributed by atoms with van der Waals surface area (Å²) in [5.74, 6) is -1.57. The molecule has 3 fully saturated rings. The van der Waals surface area contributed by atoms with Crippen molar-refractivity contribution in [3.63, 3.8) is 0 Å². The second-order valence-electron chi connectivity index (χ2n) is 12.3. The first-order valence-electron chi connectivity index (χ1n) is 14.8. The molecule has 43 heavy (non-hydrogen) atoms. The molecule has 0 radical (unpaired) electrons. The second kappa shape index (κ2) is 13.4. The lowest BCUT2D eigenvalue weighted by atomic mass is 9.45. The molecule has 5 N–H and O–H groups in total. The van der Waals surface area contributed by atoms with Crippen LogP contribution >= 0.6 is 0 Å². The van der Waals surface area contributed by atoms with E-state index in [1.807, 2.05) is 6.92 Å². The van der Waals surface area contributed by atoms with Crippen molar-refractivity contribution in [2.75, 3.05) is 32.9 Å². The van der Waals surface area contributed by atoms with Gasteiger partial charge in [0.05, 0.1) is 24.6 Å². The van der Waals surface area contributed by atoms with Crippen molar-refractivity contribution in [1.29, 1.82) is 0 Å². The normalized spacial score (nSPS) is 34.5. The Kier molecular flexibility index (Phi) is 10.3. The van der Waals surface area contributed by atoms with Crippen LogP contribution in [-0.2, 0) is 23.9 Å². The number of carbonyl (C=O) groups is 4. The molecule has 0 saturated heterocycles. The molecule has 4 aliphatic rings. The van der Waals surface area contributed by atoms with Crippen molar-refractivity contribution >= 4 is 23.8 Å². The number of rotatable bonds is 12. The molecule has 14 heteroatoms. The number of hydrogen-bond donors (Lipinski definition) is 5. The fourth-order valence-electron chi connectivity index (χ4n) is 7.94. The number of nitrogens with zero attached hydrogens (tertiary/aromatic N) is 1. The number of alkyl halides is 1. The van der Waals surface area contributed by atoms with E-state index in [9.17, 15) is 24.3 Å². The van der Waals surface area contributed by atoms with Crippen molar-refractivity contribution in [2.24, 2.45) is 28.6 Å². The minimum atomic E-state index is -1.95. The number of allylic oxidation sites excluding steroid dienone is 4. The standard InChI is InChI=1S/C29H42FN3O10/c1-27-16-24(36)29(30)21(6-5-18-15-19(34)9-10-28(18,29)2)20(27)7-8-22(27)23(35)17-42-26(38)32-12-14-41-25(37)31-11-3-4-13-43-33(39)40/h9-10,15,20-22,24,36,39-40H,3-8,11-14,16-17H2,1-2H3,(H,31,37)(H,32,38)/t20?,21-,22?,24-,27-,28-,29?/m0/s1. The molecule has 0 bridgehead atoms. The van der Waals surface area contributed by atoms with Gasteiger partial charge in [-0.2, -0.15) is 0 Å². The molecule has 0 aliphatic heterocycles. The lowest BCUT2D eigenvalue weighted by molar-refractivity contribution is -0.492. The lowest BCUT2D eigenvalue weighted by Crippen LogP contribution is -2.66. The number of ether oxygens (including phenoxy) is 2. The number of hydrogen-bond acceptors (Lipinski definition) is 11. The predicted molar refractivity (Wildman–Crippen MR) is 146 cm³/mol. The minimum absolute atomic E-state index is 0.0396. The van der Waals surface area contributed by atoms with Crippen LogP contribution in [0.4, 0.5) is 14.0 Å². The number of nitrogens with one attached hydrogen (secondary N) is 2. The summed E-state index contributed by atoms with van der Waals surface area (Å²) in [5.41, 5.74) is -2.99. The van der Waals surface area contributed by atoms with E-state index in [1.54, 1.807) is 13.0 Å². The Morgan fingerprint density at radius 3 is 2.49 bits per heavy atom. The molecule has 3 saturated carbocycles. The molecule has 0 aromatic heterocycles. The number of unbranched alkanes of at least 4 members (excludes halogenated alkanes) is 1. The molecule has 7 atom stereocenters. The van der Waals surface area contributed by atoms with E-state index in [4.69, 9.17) is 19.9 Å². The Bertz CT molecular complexity index is 1150. The Morgan fingerprint density at radius 2 is 1.74 bits per heavy atom. The van der Waals surface area contributed by atoms with Gasteiger partial charge < -0.3 is 25.2 Å². The van der Waals surface area contributed by atoms with Crippen LogP contribution in [-0.4, -0.2) is 89.3 Å². The molecule has 0 spiro atoms. The van der Waals surface area contributed by atoms with Gasteiger partial charge in [-0.15, -0.1) is 0 Å². The molecule has 3 unspecified atom stereocenters. The summed E-state index contributed by atoms with van der Waals surface area (Å²) in [6.45, 7) is 3.38. The van der Waals surface area contributed by atoms with E-state index in [-0.39, 0.29) is 55.6 Å². The summed E-state index contributed by atoms with van der Waals surface area (Å²) < 4.78 is 27.2. The molecule has 0 aromatic carbocycles. The summed E-state index contributed by atoms with van der Waals surface area (Å²) >= 11 is 0. The topological polar surface area (TPSA) is 184 Å². The highest BCUT2D eigenvalue weighted by molar-refractivity contribution is 6.01. The number of alkyl carbamates (subject to hydrolysis) is 2. The smallest absolute Gasteiger partial charge is 0.407 e. The maximum atomic E-state index is 17.1. The van der Waals surface area contributed by atoms with Gasteiger partial charge >= 0.3 is 12.2 Å². The quantitative estimate of drug-likeness (QED) is 0.162. The SMILES string of the molecule is C[C@]12C[C@H](O)C3(F)[C@@H](CCC4=CC(=O)C=C[C@@]43C)C1CCC2C(=O)COC(=O)NCCOC(=O)NCCCCON(O)O. The van der Waals surface area contributed by atoms with E-state index in [1.165, 1.54) is 12.2 Å². The highest BCUT2D eigenvalue weighted by Gasteiger charge is 2.70. The van der Waals surface area contributed by atoms with Gasteiger partial charge in [0, 0.05) is 23.8 Å². The number of halogens is 1. The van der Waals surface area contributed by atoms with Crippen molar-refractivity contribution < 1.29 is 53.4 Å². The van der Waals surface area contributed by atoms with E-state index >= 15 is 4.39 Å². The molecule has 2 amide bonds. The number of fused-ring (bicyclic) bond motifs is 5. The summed E-state index contributed by atoms with van der Waals surface area (Å²) in [6.07, 6.45) is 4.85. The maximum Gasteiger partial charge on any atom is 0.407 e. The van der Waals surface area contributed by atoms with Crippen LogP contribution in [0, 0.1) is 28.6 Å². The molecule has 4 rings (SSSR count). The van der Waals surface area contributed by atoms with Crippen molar-refractivity contribution in [3.05, 3.63) is 23.8 Å². The monoisotopic (exact) mass is 611 g/mol. The van der Waals surface area contributed by atoms with Gasteiger partial charge in [-0.3, -0.25) is 24.8 Å². The van der Waals surface area contributed by atoms with Crippen LogP contribution in [0.25, 0.3) is 0 Å². The van der Waals surface area contributed by atoms with Crippen molar-refractivity contribution in [2.45, 2.75) is 70.6 Å². The third-order valence-corrected chi connectivity index (χ3v) is 10.0. The number of ketones is 2. The third-order valence-electron chi connectivity index (χ3n) is 10.0. The summed E-state index contributed by atoms with van der Waals surface area (Å²) in [5, 5.41) is 32.7. The van der Waals surface area contributed by atoms with Crippen molar-refractivity contribution in [1.82, 2.24) is 16.0 Å². The minimum Gasteiger partial charge on any atom is -0.448 e. The third kappa shape index (κ3) is 6.63. The zero-order valence-electron chi connectivity index (χ0n) is 24.6. The van der Waals surface area contributed by atoms with Gasteiger partial charge in [-0.25, -0.2) is 14.0 Å². The van der Waals surface area contributed by atoms with E-state index in [2.05, 4.69) is 15.5 Å². The Morgan fingerprint density at radius 1 is 1.02 bits per heavy atom. The van der Waals surface area contributed by atoms with Gasteiger partial charge in [-0.1, -0.05) is 18.6 Å². The maximum absolute atomic E-state index is 17.1. The van der Waals surface area contributed by atoms with Gasteiger partial charge in [0.1, 0.15) is 6.61 Å². The fraction of sp³-hybridized carbons (Fsp3) is 0.724. The molecular weight excluding hydrogens is 569 g/mol. The summed E-state index contributed by atoms with van der Waals surface area (Å²) in [7, 11) is 0. The van der Waals surface area contributed by atoms with Crippen LogP contribution < -0.4 is 10.6 Å². The zero-order valence-corrected chi connectivity index (χ0v) is 24.6. The van der Waals surface area contributed by atoms with E-state index in [0.29, 0.717) is 44.1 Å². The Hall–Kier alpha value is -2.91. The first kappa shape index (κ1) is 33.0. The highest BCUT2D eigenvalue weighted by Crippen LogP contribution is 2.68. The number of Topliss-reactive ketones (excluding diaryl/α,β-unsaturated/α-hetero) is 1. The van der Waals surface area contributed by atoms with Crippen LogP contribution in [0.2, 0.25) is 0 Å². The fourth-order valence-corrected chi connectivity index (χ4v) is 7.94. The van der Waals surface area contributed by atoms with E-state index < -0.39 is 53.2 Å². The molecule has 240 valence electrons. The van der Waals surface area contributed by atoms with Crippen LogP contribution in [0.1, 0.15) is 58.8 Å².